The van der Waals surface area contributed by atoms with Crippen LogP contribution in [0, 0.1) is 11.3 Å². The SMILES string of the molecule is N#CC1(NCCO)CCCOCC1. The highest BCUT2D eigenvalue weighted by molar-refractivity contribution is 5.07. The van der Waals surface area contributed by atoms with E-state index in [-0.39, 0.29) is 6.61 Å². The van der Waals surface area contributed by atoms with Gasteiger partial charge in [0.05, 0.1) is 12.7 Å². The molecule has 0 spiro atoms. The Labute approximate surface area is 78.5 Å². The molecule has 0 bridgehead atoms. The van der Waals surface area contributed by atoms with Gasteiger partial charge in [-0.05, 0) is 12.8 Å². The van der Waals surface area contributed by atoms with Crippen LogP contribution in [0.4, 0.5) is 0 Å². The van der Waals surface area contributed by atoms with E-state index in [1.807, 2.05) is 0 Å². The number of nitrogens with one attached hydrogen (secondary N) is 1. The van der Waals surface area contributed by atoms with E-state index in [1.54, 1.807) is 0 Å². The number of rotatable bonds is 3. The van der Waals surface area contributed by atoms with Gasteiger partial charge in [0.25, 0.3) is 0 Å². The van der Waals surface area contributed by atoms with Gasteiger partial charge in [-0.25, -0.2) is 0 Å². The zero-order valence-electron chi connectivity index (χ0n) is 7.75. The zero-order valence-corrected chi connectivity index (χ0v) is 7.75. The van der Waals surface area contributed by atoms with Crippen molar-refractivity contribution in [2.24, 2.45) is 0 Å². The van der Waals surface area contributed by atoms with E-state index in [0.29, 0.717) is 19.6 Å². The Balaban J connectivity index is 2.50. The second kappa shape index (κ2) is 5.18. The fourth-order valence-electron chi connectivity index (χ4n) is 1.57. The lowest BCUT2D eigenvalue weighted by Crippen LogP contribution is -2.45. The van der Waals surface area contributed by atoms with E-state index in [0.717, 1.165) is 19.4 Å². The third-order valence-corrected chi connectivity index (χ3v) is 2.35. The summed E-state index contributed by atoms with van der Waals surface area (Å²) in [5.74, 6) is 0. The Morgan fingerprint density at radius 2 is 2.31 bits per heavy atom. The van der Waals surface area contributed by atoms with Crippen molar-refractivity contribution < 1.29 is 9.84 Å². The van der Waals surface area contributed by atoms with Crippen LogP contribution in [-0.4, -0.2) is 37.0 Å². The van der Waals surface area contributed by atoms with Gasteiger partial charge in [-0.2, -0.15) is 5.26 Å². The van der Waals surface area contributed by atoms with E-state index in [9.17, 15) is 0 Å². The number of aliphatic hydroxyl groups excluding tert-OH is 1. The Morgan fingerprint density at radius 3 is 3.00 bits per heavy atom. The Kier molecular flexibility index (Phi) is 4.16. The first-order chi connectivity index (χ1) is 6.33. The van der Waals surface area contributed by atoms with Crippen LogP contribution in [0.2, 0.25) is 0 Å². The van der Waals surface area contributed by atoms with Gasteiger partial charge in [0.2, 0.25) is 0 Å². The van der Waals surface area contributed by atoms with E-state index in [1.165, 1.54) is 0 Å². The summed E-state index contributed by atoms with van der Waals surface area (Å²) >= 11 is 0. The summed E-state index contributed by atoms with van der Waals surface area (Å²) in [7, 11) is 0. The maximum Gasteiger partial charge on any atom is 0.109 e. The third-order valence-electron chi connectivity index (χ3n) is 2.35. The fourth-order valence-corrected chi connectivity index (χ4v) is 1.57. The van der Waals surface area contributed by atoms with Crippen LogP contribution in [-0.2, 0) is 4.74 Å². The van der Waals surface area contributed by atoms with E-state index >= 15 is 0 Å². The number of aliphatic hydroxyl groups is 1. The first kappa shape index (κ1) is 10.5. The van der Waals surface area contributed by atoms with Gasteiger partial charge in [-0.1, -0.05) is 0 Å². The molecule has 1 saturated heterocycles. The van der Waals surface area contributed by atoms with Gasteiger partial charge in [-0.15, -0.1) is 0 Å². The highest BCUT2D eigenvalue weighted by Crippen LogP contribution is 2.19. The zero-order chi connectivity index (χ0) is 9.57. The summed E-state index contributed by atoms with van der Waals surface area (Å²) in [6.07, 6.45) is 2.43. The molecule has 0 amide bonds. The van der Waals surface area contributed by atoms with Gasteiger partial charge in [0.1, 0.15) is 5.54 Å². The lowest BCUT2D eigenvalue weighted by Gasteiger charge is -2.25. The second-order valence-electron chi connectivity index (χ2n) is 3.31. The minimum absolute atomic E-state index is 0.0737. The monoisotopic (exact) mass is 184 g/mol. The van der Waals surface area contributed by atoms with Crippen molar-refractivity contribution in [3.8, 4) is 6.07 Å². The molecule has 4 nitrogen and oxygen atoms in total. The van der Waals surface area contributed by atoms with Gasteiger partial charge < -0.3 is 9.84 Å². The van der Waals surface area contributed by atoms with Gasteiger partial charge in [0.15, 0.2) is 0 Å². The van der Waals surface area contributed by atoms with Crippen LogP contribution in [0.25, 0.3) is 0 Å². The van der Waals surface area contributed by atoms with Gasteiger partial charge >= 0.3 is 0 Å². The molecule has 1 atom stereocenters. The number of nitrogens with zero attached hydrogens (tertiary/aromatic N) is 1. The summed E-state index contributed by atoms with van der Waals surface area (Å²) in [4.78, 5) is 0. The predicted molar refractivity (Wildman–Crippen MR) is 48.1 cm³/mol. The number of hydrogen-bond donors (Lipinski definition) is 2. The molecule has 0 aliphatic carbocycles. The van der Waals surface area contributed by atoms with E-state index in [2.05, 4.69) is 11.4 Å². The molecule has 4 heteroatoms. The molecule has 0 aromatic rings. The van der Waals surface area contributed by atoms with Crippen LogP contribution < -0.4 is 5.32 Å². The molecule has 0 radical (unpaired) electrons. The molecular formula is C9H16N2O2. The quantitative estimate of drug-likeness (QED) is 0.649. The normalized spacial score (nSPS) is 29.2. The van der Waals surface area contributed by atoms with Crippen molar-refractivity contribution in [1.82, 2.24) is 5.32 Å². The number of ether oxygens (including phenoxy) is 1. The van der Waals surface area contributed by atoms with Crippen molar-refractivity contribution >= 4 is 0 Å². The van der Waals surface area contributed by atoms with Crippen molar-refractivity contribution in [2.45, 2.75) is 24.8 Å². The minimum atomic E-state index is -0.473. The summed E-state index contributed by atoms with van der Waals surface area (Å²) in [5, 5.41) is 20.8. The third kappa shape index (κ3) is 2.96. The van der Waals surface area contributed by atoms with Crippen molar-refractivity contribution in [3.05, 3.63) is 0 Å². The highest BCUT2D eigenvalue weighted by atomic mass is 16.5. The molecule has 1 fully saturated rings. The largest absolute Gasteiger partial charge is 0.395 e. The van der Waals surface area contributed by atoms with Crippen LogP contribution >= 0.6 is 0 Å². The standard InChI is InChI=1S/C9H16N2O2/c10-8-9(11-4-5-12)2-1-6-13-7-3-9/h11-12H,1-7H2. The molecule has 1 aliphatic rings. The maximum atomic E-state index is 9.04. The average molecular weight is 184 g/mol. The molecule has 1 unspecified atom stereocenters. The van der Waals surface area contributed by atoms with E-state index in [4.69, 9.17) is 15.1 Å². The molecular weight excluding hydrogens is 168 g/mol. The molecule has 74 valence electrons. The van der Waals surface area contributed by atoms with Crippen molar-refractivity contribution in [2.75, 3.05) is 26.4 Å². The summed E-state index contributed by atoms with van der Waals surface area (Å²) in [6, 6.07) is 2.29. The molecule has 1 heterocycles. The number of nitriles is 1. The fraction of sp³-hybridized carbons (Fsp3) is 0.889. The topological polar surface area (TPSA) is 65.3 Å². The number of β-amino-alcohol motifs (C(OH)–C–C–N with tert-alkyl or cyclic N) is 1. The summed E-state index contributed by atoms with van der Waals surface area (Å²) < 4.78 is 5.28. The van der Waals surface area contributed by atoms with Crippen molar-refractivity contribution in [3.63, 3.8) is 0 Å². The molecule has 2 N–H and O–H groups in total. The lowest BCUT2D eigenvalue weighted by atomic mass is 9.92. The number of hydrogen-bond acceptors (Lipinski definition) is 4. The molecule has 1 aliphatic heterocycles. The van der Waals surface area contributed by atoms with Gasteiger partial charge in [0, 0.05) is 26.2 Å². The molecule has 13 heavy (non-hydrogen) atoms. The smallest absolute Gasteiger partial charge is 0.109 e. The summed E-state index contributed by atoms with van der Waals surface area (Å²) in [6.45, 7) is 1.92. The Morgan fingerprint density at radius 1 is 1.46 bits per heavy atom. The first-order valence-corrected chi connectivity index (χ1v) is 4.68. The van der Waals surface area contributed by atoms with Crippen LogP contribution in [0.1, 0.15) is 19.3 Å². The van der Waals surface area contributed by atoms with Crippen LogP contribution in [0.15, 0.2) is 0 Å². The average Bonchev–Trinajstić information content (AvgIpc) is 2.41. The van der Waals surface area contributed by atoms with Crippen molar-refractivity contribution in [1.29, 1.82) is 5.26 Å². The maximum absolute atomic E-state index is 9.04. The summed E-state index contributed by atoms with van der Waals surface area (Å²) in [5.41, 5.74) is -0.473. The molecule has 0 aromatic heterocycles. The van der Waals surface area contributed by atoms with Gasteiger partial charge in [-0.3, -0.25) is 5.32 Å². The van der Waals surface area contributed by atoms with E-state index < -0.39 is 5.54 Å². The Bertz CT molecular complexity index is 181. The molecule has 0 saturated carbocycles. The highest BCUT2D eigenvalue weighted by Gasteiger charge is 2.30. The van der Waals surface area contributed by atoms with Crippen LogP contribution in [0.5, 0.6) is 0 Å². The lowest BCUT2D eigenvalue weighted by molar-refractivity contribution is 0.139. The Hall–Kier alpha value is -0.630. The first-order valence-electron chi connectivity index (χ1n) is 4.68. The predicted octanol–water partition coefficient (Wildman–Crippen LogP) is 0.0312. The minimum Gasteiger partial charge on any atom is -0.395 e. The molecule has 1 rings (SSSR count). The second-order valence-corrected chi connectivity index (χ2v) is 3.31. The van der Waals surface area contributed by atoms with Crippen LogP contribution in [0.3, 0.4) is 0 Å². The molecule has 0 aromatic carbocycles.